The summed E-state index contributed by atoms with van der Waals surface area (Å²) < 4.78 is 6.84. The van der Waals surface area contributed by atoms with Crippen molar-refractivity contribution in [1.29, 1.82) is 0 Å². The SMILES string of the molecule is Nn1c(SCc2cc(=O)oc3ccc4ccccc4c23)nnc1-c1ccccc1Cl. The van der Waals surface area contributed by atoms with Gasteiger partial charge >= 0.3 is 5.63 Å². The maximum atomic E-state index is 12.1. The Balaban J connectivity index is 1.54. The molecule has 6 nitrogen and oxygen atoms in total. The van der Waals surface area contributed by atoms with E-state index in [2.05, 4.69) is 10.2 Å². The smallest absolute Gasteiger partial charge is 0.336 e. The van der Waals surface area contributed by atoms with Crippen molar-refractivity contribution in [3.05, 3.63) is 87.7 Å². The number of rotatable bonds is 4. The zero-order valence-corrected chi connectivity index (χ0v) is 17.2. The van der Waals surface area contributed by atoms with E-state index >= 15 is 0 Å². The molecule has 3 aromatic carbocycles. The van der Waals surface area contributed by atoms with Gasteiger partial charge in [-0.15, -0.1) is 10.2 Å². The summed E-state index contributed by atoms with van der Waals surface area (Å²) in [5.74, 6) is 7.19. The van der Waals surface area contributed by atoms with Crippen LogP contribution < -0.4 is 11.5 Å². The van der Waals surface area contributed by atoms with E-state index in [9.17, 15) is 4.79 Å². The van der Waals surface area contributed by atoms with E-state index in [-0.39, 0.29) is 5.63 Å². The van der Waals surface area contributed by atoms with Crippen LogP contribution in [-0.2, 0) is 5.75 Å². The van der Waals surface area contributed by atoms with Crippen LogP contribution in [0, 0.1) is 0 Å². The van der Waals surface area contributed by atoms with E-state index in [1.54, 1.807) is 6.07 Å². The number of fused-ring (bicyclic) bond motifs is 3. The van der Waals surface area contributed by atoms with Gasteiger partial charge in [-0.3, -0.25) is 0 Å². The summed E-state index contributed by atoms with van der Waals surface area (Å²) in [6.07, 6.45) is 0. The lowest BCUT2D eigenvalue weighted by atomic mass is 10.0. The van der Waals surface area contributed by atoms with Gasteiger partial charge in [-0.25, -0.2) is 9.47 Å². The molecular weight excluding hydrogens is 420 g/mol. The molecule has 2 heterocycles. The highest BCUT2D eigenvalue weighted by Crippen LogP contribution is 2.32. The Hall–Kier alpha value is -3.29. The highest BCUT2D eigenvalue weighted by Gasteiger charge is 2.16. The number of nitrogens with zero attached hydrogens (tertiary/aromatic N) is 3. The molecular formula is C22H15ClN4O2S. The monoisotopic (exact) mass is 434 g/mol. The second kappa shape index (κ2) is 7.51. The highest BCUT2D eigenvalue weighted by molar-refractivity contribution is 7.98. The van der Waals surface area contributed by atoms with Gasteiger partial charge in [-0.2, -0.15) is 0 Å². The first-order chi connectivity index (χ1) is 14.6. The van der Waals surface area contributed by atoms with Crippen molar-refractivity contribution in [3.8, 4) is 11.4 Å². The van der Waals surface area contributed by atoms with Crippen molar-refractivity contribution in [2.75, 3.05) is 5.84 Å². The molecule has 0 atom stereocenters. The van der Waals surface area contributed by atoms with Crippen molar-refractivity contribution in [1.82, 2.24) is 14.9 Å². The number of benzene rings is 3. The highest BCUT2D eigenvalue weighted by atomic mass is 35.5. The molecule has 0 saturated carbocycles. The van der Waals surface area contributed by atoms with E-state index in [4.69, 9.17) is 21.9 Å². The maximum Gasteiger partial charge on any atom is 0.336 e. The van der Waals surface area contributed by atoms with Crippen LogP contribution >= 0.6 is 23.4 Å². The minimum Gasteiger partial charge on any atom is -0.423 e. The topological polar surface area (TPSA) is 86.9 Å². The van der Waals surface area contributed by atoms with Crippen LogP contribution in [0.1, 0.15) is 5.56 Å². The molecule has 30 heavy (non-hydrogen) atoms. The van der Waals surface area contributed by atoms with Gasteiger partial charge in [0.25, 0.3) is 0 Å². The predicted octanol–water partition coefficient (Wildman–Crippen LogP) is 4.86. The third-order valence-electron chi connectivity index (χ3n) is 4.85. The fourth-order valence-corrected chi connectivity index (χ4v) is 4.53. The molecule has 0 spiro atoms. The molecule has 5 aromatic rings. The van der Waals surface area contributed by atoms with Gasteiger partial charge in [0.2, 0.25) is 5.16 Å². The Bertz CT molecular complexity index is 1460. The van der Waals surface area contributed by atoms with Crippen LogP contribution in [0.3, 0.4) is 0 Å². The Labute approximate surface area is 180 Å². The van der Waals surface area contributed by atoms with Crippen LogP contribution in [0.5, 0.6) is 0 Å². The summed E-state index contributed by atoms with van der Waals surface area (Å²) in [7, 11) is 0. The zero-order chi connectivity index (χ0) is 20.7. The van der Waals surface area contributed by atoms with E-state index in [0.717, 1.165) is 21.7 Å². The van der Waals surface area contributed by atoms with Crippen LogP contribution in [0.4, 0.5) is 0 Å². The lowest BCUT2D eigenvalue weighted by Crippen LogP contribution is -2.11. The number of aromatic nitrogens is 3. The van der Waals surface area contributed by atoms with E-state index in [1.165, 1.54) is 22.5 Å². The molecule has 0 bridgehead atoms. The average molecular weight is 435 g/mol. The van der Waals surface area contributed by atoms with Gasteiger partial charge in [0.15, 0.2) is 5.82 Å². The van der Waals surface area contributed by atoms with E-state index in [0.29, 0.717) is 32.9 Å². The summed E-state index contributed by atoms with van der Waals surface area (Å²) in [6, 6.07) is 20.6. The fraction of sp³-hybridized carbons (Fsp3) is 0.0455. The van der Waals surface area contributed by atoms with Gasteiger partial charge in [-0.05, 0) is 34.5 Å². The summed E-state index contributed by atoms with van der Waals surface area (Å²) in [4.78, 5) is 12.1. The molecule has 0 aliphatic heterocycles. The van der Waals surface area contributed by atoms with Crippen molar-refractivity contribution >= 4 is 45.1 Å². The molecule has 2 N–H and O–H groups in total. The molecule has 0 fully saturated rings. The fourth-order valence-electron chi connectivity index (χ4n) is 3.48. The van der Waals surface area contributed by atoms with E-state index < -0.39 is 0 Å². The Kier molecular flexibility index (Phi) is 4.69. The standard InChI is InChI=1S/C22H15ClN4O2S/c23-17-8-4-3-7-16(17)21-25-26-22(27(21)24)30-12-14-11-19(28)29-18-10-9-13-5-1-2-6-15(13)20(14)18/h1-11H,12,24H2. The molecule has 0 aliphatic rings. The summed E-state index contributed by atoms with van der Waals surface area (Å²) >= 11 is 7.66. The summed E-state index contributed by atoms with van der Waals surface area (Å²) in [5.41, 5.74) is 1.73. The van der Waals surface area contributed by atoms with Gasteiger partial charge in [-0.1, -0.05) is 65.8 Å². The first-order valence-electron chi connectivity index (χ1n) is 9.14. The van der Waals surface area contributed by atoms with Crippen molar-refractivity contribution in [3.63, 3.8) is 0 Å². The van der Waals surface area contributed by atoms with Crippen molar-refractivity contribution in [2.45, 2.75) is 10.9 Å². The molecule has 0 aliphatic carbocycles. The lowest BCUT2D eigenvalue weighted by Gasteiger charge is -2.09. The van der Waals surface area contributed by atoms with Gasteiger partial charge in [0.05, 0.1) is 5.02 Å². The Morgan fingerprint density at radius 3 is 2.70 bits per heavy atom. The molecule has 2 aromatic heterocycles. The third kappa shape index (κ3) is 3.22. The van der Waals surface area contributed by atoms with Crippen molar-refractivity contribution in [2.24, 2.45) is 0 Å². The molecule has 0 unspecified atom stereocenters. The average Bonchev–Trinajstić information content (AvgIpc) is 3.12. The number of nitrogens with two attached hydrogens (primary N) is 1. The minimum absolute atomic E-state index is 0.389. The molecule has 8 heteroatoms. The normalized spacial score (nSPS) is 11.4. The van der Waals surface area contributed by atoms with Crippen LogP contribution in [-0.4, -0.2) is 14.9 Å². The first-order valence-corrected chi connectivity index (χ1v) is 10.5. The largest absolute Gasteiger partial charge is 0.423 e. The molecule has 0 amide bonds. The second-order valence-electron chi connectivity index (χ2n) is 6.70. The third-order valence-corrected chi connectivity index (χ3v) is 6.17. The summed E-state index contributed by atoms with van der Waals surface area (Å²) in [5, 5.41) is 12.5. The van der Waals surface area contributed by atoms with E-state index in [1.807, 2.05) is 54.6 Å². The minimum atomic E-state index is -0.389. The second-order valence-corrected chi connectivity index (χ2v) is 8.04. The maximum absolute atomic E-state index is 12.1. The molecule has 0 saturated heterocycles. The van der Waals surface area contributed by atoms with Gasteiger partial charge in [0.1, 0.15) is 5.58 Å². The molecule has 148 valence electrons. The van der Waals surface area contributed by atoms with Crippen molar-refractivity contribution < 1.29 is 4.42 Å². The Morgan fingerprint density at radius 1 is 1.03 bits per heavy atom. The first kappa shape index (κ1) is 18.7. The van der Waals surface area contributed by atoms with Gasteiger partial charge < -0.3 is 10.3 Å². The number of halogens is 1. The quantitative estimate of drug-likeness (QED) is 0.188. The van der Waals surface area contributed by atoms with Gasteiger partial charge in [0, 0.05) is 22.8 Å². The zero-order valence-electron chi connectivity index (χ0n) is 15.6. The molecule has 0 radical (unpaired) electrons. The lowest BCUT2D eigenvalue weighted by molar-refractivity contribution is 0.560. The molecule has 5 rings (SSSR count). The Morgan fingerprint density at radius 2 is 1.83 bits per heavy atom. The summed E-state index contributed by atoms with van der Waals surface area (Å²) in [6.45, 7) is 0. The predicted molar refractivity (Wildman–Crippen MR) is 120 cm³/mol. The van der Waals surface area contributed by atoms with Crippen LogP contribution in [0.2, 0.25) is 5.02 Å². The van der Waals surface area contributed by atoms with Crippen LogP contribution in [0.15, 0.2) is 81.1 Å². The number of thioether (sulfide) groups is 1. The van der Waals surface area contributed by atoms with Crippen LogP contribution in [0.25, 0.3) is 33.1 Å². The number of hydrogen-bond donors (Lipinski definition) is 1. The number of hydrogen-bond acceptors (Lipinski definition) is 6. The number of nitrogen functional groups attached to an aromatic ring is 1.